The number of carbonyl (C=O) groups excluding carboxylic acids is 1. The highest BCUT2D eigenvalue weighted by Crippen LogP contribution is 2.28. The van der Waals surface area contributed by atoms with Crippen molar-refractivity contribution >= 4 is 17.5 Å². The predicted octanol–water partition coefficient (Wildman–Crippen LogP) is 3.40. The van der Waals surface area contributed by atoms with E-state index in [1.807, 2.05) is 6.07 Å². The molecule has 2 fully saturated rings. The van der Waals surface area contributed by atoms with Crippen LogP contribution in [0.15, 0.2) is 36.5 Å². The summed E-state index contributed by atoms with van der Waals surface area (Å²) in [5.41, 5.74) is -0.251. The molecule has 33 heavy (non-hydrogen) atoms. The highest BCUT2D eigenvalue weighted by molar-refractivity contribution is 5.99. The number of aromatic nitrogens is 2. The Morgan fingerprint density at radius 1 is 1.06 bits per heavy atom. The van der Waals surface area contributed by atoms with Crippen molar-refractivity contribution < 1.29 is 18.0 Å². The molecule has 1 aliphatic carbocycles. The van der Waals surface area contributed by atoms with E-state index in [9.17, 15) is 18.0 Å². The van der Waals surface area contributed by atoms with Crippen LogP contribution in [0.2, 0.25) is 0 Å². The number of hydrogen-bond donors (Lipinski definition) is 2. The van der Waals surface area contributed by atoms with Gasteiger partial charge < -0.3 is 15.5 Å². The number of nitrogens with zero attached hydrogens (tertiary/aromatic N) is 4. The number of halogens is 3. The van der Waals surface area contributed by atoms with Crippen molar-refractivity contribution in [2.24, 2.45) is 0 Å². The Labute approximate surface area is 191 Å². The quantitative estimate of drug-likeness (QED) is 0.557. The molecule has 0 bridgehead atoms. The number of unbranched alkanes of at least 4 members (excludes halogenated alkanes) is 1. The maximum Gasteiger partial charge on any atom is 0.433 e. The Bertz CT molecular complexity index is 942. The van der Waals surface area contributed by atoms with Gasteiger partial charge in [0, 0.05) is 45.0 Å². The van der Waals surface area contributed by atoms with Gasteiger partial charge in [0.15, 0.2) is 0 Å². The van der Waals surface area contributed by atoms with Crippen molar-refractivity contribution in [3.05, 3.63) is 47.8 Å². The average molecular weight is 463 g/mol. The van der Waals surface area contributed by atoms with E-state index in [2.05, 4.69) is 30.4 Å². The normalized spacial score (nSPS) is 17.1. The van der Waals surface area contributed by atoms with Crippen molar-refractivity contribution in [3.8, 4) is 0 Å². The van der Waals surface area contributed by atoms with Gasteiger partial charge in [-0.2, -0.15) is 13.2 Å². The Balaban J connectivity index is 1.18. The van der Waals surface area contributed by atoms with E-state index in [-0.39, 0.29) is 11.7 Å². The summed E-state index contributed by atoms with van der Waals surface area (Å²) in [4.78, 5) is 25.2. The lowest BCUT2D eigenvalue weighted by Gasteiger charge is -2.36. The highest BCUT2D eigenvalue weighted by atomic mass is 19.4. The van der Waals surface area contributed by atoms with Gasteiger partial charge in [0.05, 0.1) is 5.56 Å². The monoisotopic (exact) mass is 462 g/mol. The van der Waals surface area contributed by atoms with Crippen LogP contribution in [0.25, 0.3) is 0 Å². The van der Waals surface area contributed by atoms with E-state index in [0.717, 1.165) is 70.3 Å². The summed E-state index contributed by atoms with van der Waals surface area (Å²) in [5, 5.41) is 6.01. The molecule has 2 aliphatic rings. The maximum atomic E-state index is 12.7. The lowest BCUT2D eigenvalue weighted by atomic mass is 10.2. The third kappa shape index (κ3) is 6.56. The number of pyridine rings is 2. The van der Waals surface area contributed by atoms with Crippen molar-refractivity contribution in [2.75, 3.05) is 49.5 Å². The first-order chi connectivity index (χ1) is 15.9. The predicted molar refractivity (Wildman–Crippen MR) is 120 cm³/mol. The number of nitrogens with one attached hydrogen (secondary N) is 2. The first-order valence-electron chi connectivity index (χ1n) is 11.4. The van der Waals surface area contributed by atoms with Gasteiger partial charge in [0.25, 0.3) is 5.91 Å². The molecule has 2 aromatic heterocycles. The van der Waals surface area contributed by atoms with Gasteiger partial charge in [-0.25, -0.2) is 9.97 Å². The van der Waals surface area contributed by atoms with Crippen LogP contribution < -0.4 is 15.5 Å². The van der Waals surface area contributed by atoms with Crippen LogP contribution in [0.3, 0.4) is 0 Å². The molecule has 10 heteroatoms. The number of alkyl halides is 3. The minimum absolute atomic E-state index is 0.0502. The van der Waals surface area contributed by atoms with Crippen molar-refractivity contribution in [3.63, 3.8) is 0 Å². The van der Waals surface area contributed by atoms with Crippen molar-refractivity contribution in [2.45, 2.75) is 37.9 Å². The third-order valence-electron chi connectivity index (χ3n) is 5.86. The van der Waals surface area contributed by atoms with Crippen LogP contribution in [-0.4, -0.2) is 66.1 Å². The Hall–Kier alpha value is -2.88. The molecule has 4 rings (SSSR count). The molecule has 2 aromatic rings. The lowest BCUT2D eigenvalue weighted by molar-refractivity contribution is -0.141. The molecular weight excluding hydrogens is 433 g/mol. The zero-order chi connectivity index (χ0) is 23.3. The zero-order valence-electron chi connectivity index (χ0n) is 18.4. The van der Waals surface area contributed by atoms with Crippen molar-refractivity contribution in [1.82, 2.24) is 20.2 Å². The fourth-order valence-corrected chi connectivity index (χ4v) is 3.87. The number of piperazine rings is 1. The SMILES string of the molecule is O=C(NC1CC1)c1cccnc1N1CCN(CCCCNc2cccc(C(F)(F)F)n2)CC1. The number of anilines is 2. The van der Waals surface area contributed by atoms with E-state index in [4.69, 9.17) is 0 Å². The summed E-state index contributed by atoms with van der Waals surface area (Å²) >= 11 is 0. The van der Waals surface area contributed by atoms with E-state index in [1.165, 1.54) is 6.07 Å². The molecule has 0 unspecified atom stereocenters. The summed E-state index contributed by atoms with van der Waals surface area (Å²) in [6.45, 7) is 4.84. The Morgan fingerprint density at radius 2 is 1.85 bits per heavy atom. The second-order valence-electron chi connectivity index (χ2n) is 8.49. The van der Waals surface area contributed by atoms with Crippen LogP contribution in [0, 0.1) is 0 Å². The van der Waals surface area contributed by atoms with Gasteiger partial charge in [-0.15, -0.1) is 0 Å². The van der Waals surface area contributed by atoms with Gasteiger partial charge in [-0.1, -0.05) is 6.07 Å². The van der Waals surface area contributed by atoms with E-state index < -0.39 is 11.9 Å². The topological polar surface area (TPSA) is 73.4 Å². The molecule has 1 saturated carbocycles. The van der Waals surface area contributed by atoms with E-state index in [0.29, 0.717) is 18.2 Å². The molecule has 0 atom stereocenters. The minimum Gasteiger partial charge on any atom is -0.370 e. The molecule has 0 aromatic carbocycles. The molecule has 1 saturated heterocycles. The second-order valence-corrected chi connectivity index (χ2v) is 8.49. The van der Waals surface area contributed by atoms with E-state index in [1.54, 1.807) is 18.3 Å². The van der Waals surface area contributed by atoms with Gasteiger partial charge in [-0.3, -0.25) is 9.69 Å². The minimum atomic E-state index is -4.43. The van der Waals surface area contributed by atoms with Crippen LogP contribution in [0.5, 0.6) is 0 Å². The fraction of sp³-hybridized carbons (Fsp3) is 0.522. The first-order valence-corrected chi connectivity index (χ1v) is 11.4. The lowest BCUT2D eigenvalue weighted by Crippen LogP contribution is -2.47. The number of rotatable bonds is 9. The summed E-state index contributed by atoms with van der Waals surface area (Å²) in [6.07, 6.45) is 1.16. The molecule has 2 N–H and O–H groups in total. The maximum absolute atomic E-state index is 12.7. The average Bonchev–Trinajstić information content (AvgIpc) is 3.63. The number of amides is 1. The van der Waals surface area contributed by atoms with Crippen molar-refractivity contribution in [1.29, 1.82) is 0 Å². The third-order valence-corrected chi connectivity index (χ3v) is 5.86. The van der Waals surface area contributed by atoms with Gasteiger partial charge >= 0.3 is 6.18 Å². The molecule has 0 spiro atoms. The van der Waals surface area contributed by atoms with E-state index >= 15 is 0 Å². The molecule has 1 aliphatic heterocycles. The van der Waals surface area contributed by atoms with Gasteiger partial charge in [-0.05, 0) is 56.5 Å². The summed E-state index contributed by atoms with van der Waals surface area (Å²) in [7, 11) is 0. The highest BCUT2D eigenvalue weighted by Gasteiger charge is 2.32. The first kappa shape index (κ1) is 23.3. The Kier molecular flexibility index (Phi) is 7.32. The molecule has 1 amide bonds. The molecule has 178 valence electrons. The fourth-order valence-electron chi connectivity index (χ4n) is 3.87. The van der Waals surface area contributed by atoms with Gasteiger partial charge in [0.2, 0.25) is 0 Å². The summed E-state index contributed by atoms with van der Waals surface area (Å²) in [5.74, 6) is 0.939. The van der Waals surface area contributed by atoms with Crippen LogP contribution in [0.1, 0.15) is 41.7 Å². The Morgan fingerprint density at radius 3 is 2.58 bits per heavy atom. The summed E-state index contributed by atoms with van der Waals surface area (Å²) in [6, 6.07) is 7.81. The van der Waals surface area contributed by atoms with Crippen LogP contribution >= 0.6 is 0 Å². The number of carbonyl (C=O) groups is 1. The molecule has 0 radical (unpaired) electrons. The van der Waals surface area contributed by atoms with Gasteiger partial charge in [0.1, 0.15) is 17.3 Å². The zero-order valence-corrected chi connectivity index (χ0v) is 18.4. The molecular formula is C23H29F3N6O. The molecule has 7 nitrogen and oxygen atoms in total. The smallest absolute Gasteiger partial charge is 0.370 e. The number of hydrogen-bond acceptors (Lipinski definition) is 6. The largest absolute Gasteiger partial charge is 0.433 e. The standard InChI is InChI=1S/C23H29F3N6O/c24-23(25,26)19-6-3-7-20(30-19)27-10-1-2-12-31-13-15-32(16-14-31)21-18(5-4-11-28-21)22(33)29-17-8-9-17/h3-7,11,17H,1-2,8-10,12-16H2,(H,27,30)(H,29,33). The molecule has 3 heterocycles. The summed E-state index contributed by atoms with van der Waals surface area (Å²) < 4.78 is 38.2. The second kappa shape index (κ2) is 10.4. The van der Waals surface area contributed by atoms with Crippen LogP contribution in [0.4, 0.5) is 24.8 Å². The van der Waals surface area contributed by atoms with Crippen LogP contribution in [-0.2, 0) is 6.18 Å².